The van der Waals surface area contributed by atoms with Crippen LogP contribution in [0.15, 0.2) is 0 Å². The van der Waals surface area contributed by atoms with Gasteiger partial charge in [-0.15, -0.1) is 0 Å². The highest BCUT2D eigenvalue weighted by Crippen LogP contribution is 2.26. The normalized spacial score (nSPS) is 27.9. The van der Waals surface area contributed by atoms with Crippen LogP contribution in [-0.4, -0.2) is 24.1 Å². The number of nitrogens with one attached hydrogen (secondary N) is 1. The van der Waals surface area contributed by atoms with Gasteiger partial charge in [0.05, 0.1) is 0 Å². The lowest BCUT2D eigenvalue weighted by molar-refractivity contribution is -0.126. The summed E-state index contributed by atoms with van der Waals surface area (Å²) in [5, 5.41) is 12.1. The molecule has 0 radical (unpaired) electrons. The number of hydrogen-bond acceptors (Lipinski definition) is 2. The Morgan fingerprint density at radius 3 is 2.30 bits per heavy atom. The molecule has 1 aliphatic rings. The van der Waals surface area contributed by atoms with Gasteiger partial charge >= 0.3 is 0 Å². The molecule has 1 heterocycles. The van der Waals surface area contributed by atoms with E-state index >= 15 is 0 Å². The van der Waals surface area contributed by atoms with Crippen molar-refractivity contribution in [2.45, 2.75) is 25.6 Å². The van der Waals surface area contributed by atoms with Gasteiger partial charge in [-0.3, -0.25) is 0 Å². The van der Waals surface area contributed by atoms with Crippen LogP contribution in [0.2, 0.25) is 0 Å². The van der Waals surface area contributed by atoms with Crippen LogP contribution in [0.25, 0.3) is 0 Å². The molecule has 1 saturated heterocycles. The van der Waals surface area contributed by atoms with E-state index in [1.165, 1.54) is 6.92 Å². The van der Waals surface area contributed by atoms with Gasteiger partial charge in [0.25, 0.3) is 0 Å². The largest absolute Gasteiger partial charge is 0.362 e. The first-order chi connectivity index (χ1) is 4.61. The summed E-state index contributed by atoms with van der Waals surface area (Å²) in [4.78, 5) is 0. The number of piperidine rings is 1. The monoisotopic (exact) mass is 147 g/mol. The van der Waals surface area contributed by atoms with E-state index in [1.54, 1.807) is 0 Å². The molecule has 0 aromatic carbocycles. The van der Waals surface area contributed by atoms with Crippen LogP contribution in [0.1, 0.15) is 19.8 Å². The van der Waals surface area contributed by atoms with Crippen LogP contribution in [0.4, 0.5) is 4.39 Å². The molecule has 2 N–H and O–H groups in total. The van der Waals surface area contributed by atoms with Gasteiger partial charge in [0.2, 0.25) is 5.85 Å². The molecule has 1 aliphatic heterocycles. The third-order valence-electron chi connectivity index (χ3n) is 2.08. The zero-order valence-corrected chi connectivity index (χ0v) is 6.23. The van der Waals surface area contributed by atoms with E-state index in [4.69, 9.17) is 5.11 Å². The molecule has 0 aromatic rings. The molecule has 3 heteroatoms. The van der Waals surface area contributed by atoms with Gasteiger partial charge in [-0.2, -0.15) is 0 Å². The Kier molecular flexibility index (Phi) is 2.26. The second-order valence-electron chi connectivity index (χ2n) is 3.05. The van der Waals surface area contributed by atoms with Crippen LogP contribution >= 0.6 is 0 Å². The van der Waals surface area contributed by atoms with E-state index in [0.29, 0.717) is 0 Å². The molecule has 0 amide bonds. The molecular formula is C7H14FNO. The van der Waals surface area contributed by atoms with Crippen molar-refractivity contribution in [3.63, 3.8) is 0 Å². The van der Waals surface area contributed by atoms with E-state index in [2.05, 4.69) is 5.32 Å². The van der Waals surface area contributed by atoms with Gasteiger partial charge in [-0.25, -0.2) is 4.39 Å². The summed E-state index contributed by atoms with van der Waals surface area (Å²) in [6.07, 6.45) is 1.48. The minimum absolute atomic E-state index is 0.172. The standard InChI is InChI=1S/C7H14FNO/c1-7(8,10)6-2-4-9-5-3-6/h6,9-10H,2-5H2,1H3. The molecule has 2 nitrogen and oxygen atoms in total. The molecule has 0 aliphatic carbocycles. The van der Waals surface area contributed by atoms with Crippen LogP contribution in [0.3, 0.4) is 0 Å². The number of alkyl halides is 1. The predicted octanol–water partition coefficient (Wildman–Crippen LogP) is 0.664. The minimum atomic E-state index is -1.97. The Bertz CT molecular complexity index is 105. The average molecular weight is 147 g/mol. The van der Waals surface area contributed by atoms with Gasteiger partial charge < -0.3 is 10.4 Å². The molecule has 1 fully saturated rings. The molecule has 0 bridgehead atoms. The van der Waals surface area contributed by atoms with Crippen LogP contribution in [0, 0.1) is 5.92 Å². The molecule has 0 aromatic heterocycles. The van der Waals surface area contributed by atoms with E-state index in [1.807, 2.05) is 0 Å². The SMILES string of the molecule is CC(O)(F)C1CCNCC1. The molecule has 1 unspecified atom stereocenters. The predicted molar refractivity (Wildman–Crippen MR) is 37.3 cm³/mol. The maximum absolute atomic E-state index is 12.8. The summed E-state index contributed by atoms with van der Waals surface area (Å²) in [5.41, 5.74) is 0. The maximum Gasteiger partial charge on any atom is 0.206 e. The third-order valence-corrected chi connectivity index (χ3v) is 2.08. The summed E-state index contributed by atoms with van der Waals surface area (Å²) in [7, 11) is 0. The van der Waals surface area contributed by atoms with Crippen molar-refractivity contribution in [1.82, 2.24) is 5.32 Å². The molecule has 10 heavy (non-hydrogen) atoms. The second-order valence-corrected chi connectivity index (χ2v) is 3.05. The summed E-state index contributed by atoms with van der Waals surface area (Å²) in [5.74, 6) is -2.14. The van der Waals surface area contributed by atoms with Gasteiger partial charge in [0.1, 0.15) is 0 Å². The lowest BCUT2D eigenvalue weighted by Gasteiger charge is -2.29. The van der Waals surface area contributed by atoms with Gasteiger partial charge in [-0.1, -0.05) is 0 Å². The molecule has 60 valence electrons. The molecule has 0 spiro atoms. The van der Waals surface area contributed by atoms with Crippen molar-refractivity contribution in [1.29, 1.82) is 0 Å². The Labute approximate surface area is 60.4 Å². The maximum atomic E-state index is 12.8. The zero-order chi connectivity index (χ0) is 7.61. The van der Waals surface area contributed by atoms with Crippen molar-refractivity contribution in [2.75, 3.05) is 13.1 Å². The first-order valence-corrected chi connectivity index (χ1v) is 3.72. The highest BCUT2D eigenvalue weighted by atomic mass is 19.2. The summed E-state index contributed by atoms with van der Waals surface area (Å²) in [6, 6.07) is 0. The number of hydrogen-bond donors (Lipinski definition) is 2. The second kappa shape index (κ2) is 2.84. The summed E-state index contributed by atoms with van der Waals surface area (Å²) in [6.45, 7) is 2.89. The number of aliphatic hydroxyl groups is 1. The topological polar surface area (TPSA) is 32.3 Å². The summed E-state index contributed by atoms with van der Waals surface area (Å²) < 4.78 is 12.8. The molecular weight excluding hydrogens is 133 g/mol. The van der Waals surface area contributed by atoms with Crippen molar-refractivity contribution >= 4 is 0 Å². The van der Waals surface area contributed by atoms with Crippen molar-refractivity contribution in [2.24, 2.45) is 5.92 Å². The fourth-order valence-electron chi connectivity index (χ4n) is 1.35. The molecule has 0 saturated carbocycles. The fourth-order valence-corrected chi connectivity index (χ4v) is 1.35. The molecule has 1 rings (SSSR count). The lowest BCUT2D eigenvalue weighted by Crippen LogP contribution is -2.38. The highest BCUT2D eigenvalue weighted by molar-refractivity contribution is 4.77. The average Bonchev–Trinajstić information content (AvgIpc) is 1.88. The smallest absolute Gasteiger partial charge is 0.206 e. The highest BCUT2D eigenvalue weighted by Gasteiger charge is 2.31. The van der Waals surface area contributed by atoms with Crippen molar-refractivity contribution in [3.05, 3.63) is 0 Å². The first kappa shape index (κ1) is 7.95. The van der Waals surface area contributed by atoms with E-state index < -0.39 is 5.85 Å². The van der Waals surface area contributed by atoms with E-state index in [9.17, 15) is 4.39 Å². The zero-order valence-electron chi connectivity index (χ0n) is 6.23. The van der Waals surface area contributed by atoms with Crippen LogP contribution < -0.4 is 5.32 Å². The van der Waals surface area contributed by atoms with Crippen LogP contribution in [-0.2, 0) is 0 Å². The molecule has 1 atom stereocenters. The van der Waals surface area contributed by atoms with Gasteiger partial charge in [0.15, 0.2) is 0 Å². The van der Waals surface area contributed by atoms with Gasteiger partial charge in [-0.05, 0) is 32.9 Å². The number of halogens is 1. The quantitative estimate of drug-likeness (QED) is 0.571. The van der Waals surface area contributed by atoms with Gasteiger partial charge in [0, 0.05) is 5.92 Å². The van der Waals surface area contributed by atoms with E-state index in [0.717, 1.165) is 25.9 Å². The Balaban J connectivity index is 2.39. The van der Waals surface area contributed by atoms with Crippen molar-refractivity contribution in [3.8, 4) is 0 Å². The Hall–Kier alpha value is -0.150. The first-order valence-electron chi connectivity index (χ1n) is 3.72. The lowest BCUT2D eigenvalue weighted by atomic mass is 9.91. The Morgan fingerprint density at radius 1 is 1.50 bits per heavy atom. The minimum Gasteiger partial charge on any atom is -0.362 e. The Morgan fingerprint density at radius 2 is 2.00 bits per heavy atom. The fraction of sp³-hybridized carbons (Fsp3) is 1.00. The van der Waals surface area contributed by atoms with Crippen LogP contribution in [0.5, 0.6) is 0 Å². The third kappa shape index (κ3) is 1.92. The van der Waals surface area contributed by atoms with Crippen molar-refractivity contribution < 1.29 is 9.50 Å². The van der Waals surface area contributed by atoms with E-state index in [-0.39, 0.29) is 5.92 Å². The number of rotatable bonds is 1. The summed E-state index contributed by atoms with van der Waals surface area (Å²) >= 11 is 0.